The molecule has 0 saturated heterocycles. The van der Waals surface area contributed by atoms with Gasteiger partial charge >= 0.3 is 0 Å². The zero-order valence-electron chi connectivity index (χ0n) is 8.59. The van der Waals surface area contributed by atoms with Crippen LogP contribution in [0.1, 0.15) is 31.4 Å². The van der Waals surface area contributed by atoms with Gasteiger partial charge in [0, 0.05) is 5.54 Å². The Kier molecular flexibility index (Phi) is 1.59. The first-order valence-corrected chi connectivity index (χ1v) is 4.82. The summed E-state index contributed by atoms with van der Waals surface area (Å²) in [7, 11) is 0. The molecular weight excluding hydrogens is 158 g/mol. The highest BCUT2D eigenvalue weighted by atomic mass is 14.9. The first kappa shape index (κ1) is 8.76. The van der Waals surface area contributed by atoms with E-state index in [4.69, 9.17) is 5.73 Å². The van der Waals surface area contributed by atoms with Gasteiger partial charge in [-0.3, -0.25) is 0 Å². The molecule has 70 valence electrons. The summed E-state index contributed by atoms with van der Waals surface area (Å²) in [5.74, 6) is 0. The Bertz CT molecular complexity index is 341. The third kappa shape index (κ3) is 1.11. The van der Waals surface area contributed by atoms with Crippen LogP contribution in [0.15, 0.2) is 24.3 Å². The zero-order valence-corrected chi connectivity index (χ0v) is 8.59. The lowest BCUT2D eigenvalue weighted by molar-refractivity contribution is 0.508. The minimum atomic E-state index is -0.0711. The molecule has 13 heavy (non-hydrogen) atoms. The summed E-state index contributed by atoms with van der Waals surface area (Å²) in [5, 5.41) is 0. The van der Waals surface area contributed by atoms with Crippen LogP contribution in [0.5, 0.6) is 0 Å². The predicted octanol–water partition coefficient (Wildman–Crippen LogP) is 2.58. The van der Waals surface area contributed by atoms with Gasteiger partial charge in [-0.15, -0.1) is 0 Å². The topological polar surface area (TPSA) is 26.0 Å². The molecule has 2 rings (SSSR count). The summed E-state index contributed by atoms with van der Waals surface area (Å²) in [4.78, 5) is 0. The number of nitrogens with two attached hydrogens (primary N) is 1. The second-order valence-electron chi connectivity index (χ2n) is 4.85. The lowest BCUT2D eigenvalue weighted by Crippen LogP contribution is -2.26. The molecule has 0 heterocycles. The normalized spacial score (nSPS) is 30.2. The Morgan fingerprint density at radius 3 is 2.23 bits per heavy atom. The maximum absolute atomic E-state index is 6.35. The van der Waals surface area contributed by atoms with Crippen molar-refractivity contribution in [3.8, 4) is 0 Å². The molecule has 0 bridgehead atoms. The zero-order chi connectivity index (χ0) is 9.69. The van der Waals surface area contributed by atoms with E-state index in [1.807, 2.05) is 0 Å². The Morgan fingerprint density at radius 2 is 1.77 bits per heavy atom. The fourth-order valence-corrected chi connectivity index (χ4v) is 2.19. The first-order valence-electron chi connectivity index (χ1n) is 4.82. The second-order valence-corrected chi connectivity index (χ2v) is 4.85. The van der Waals surface area contributed by atoms with E-state index in [1.54, 1.807) is 0 Å². The van der Waals surface area contributed by atoms with E-state index >= 15 is 0 Å². The molecule has 1 aromatic rings. The summed E-state index contributed by atoms with van der Waals surface area (Å²) in [6.07, 6.45) is 1.10. The molecule has 0 spiro atoms. The molecule has 1 nitrogen and oxygen atoms in total. The highest BCUT2D eigenvalue weighted by Crippen LogP contribution is 2.60. The van der Waals surface area contributed by atoms with Crippen LogP contribution < -0.4 is 5.73 Å². The van der Waals surface area contributed by atoms with E-state index in [9.17, 15) is 0 Å². The predicted molar refractivity (Wildman–Crippen MR) is 55.4 cm³/mol. The third-order valence-electron chi connectivity index (χ3n) is 3.43. The number of rotatable bonds is 1. The molecule has 0 amide bonds. The van der Waals surface area contributed by atoms with Crippen molar-refractivity contribution in [2.24, 2.45) is 11.1 Å². The van der Waals surface area contributed by atoms with Gasteiger partial charge in [-0.2, -0.15) is 0 Å². The SMILES string of the molecule is Cc1ccccc1C1(N)CC1(C)C. The molecular formula is C12H17N. The van der Waals surface area contributed by atoms with E-state index in [0.29, 0.717) is 0 Å². The van der Waals surface area contributed by atoms with E-state index in [1.165, 1.54) is 11.1 Å². The van der Waals surface area contributed by atoms with Crippen LogP contribution in [0.3, 0.4) is 0 Å². The Morgan fingerprint density at radius 1 is 1.23 bits per heavy atom. The molecule has 1 saturated carbocycles. The molecule has 2 N–H and O–H groups in total. The van der Waals surface area contributed by atoms with Crippen molar-refractivity contribution in [3.63, 3.8) is 0 Å². The molecule has 0 aliphatic heterocycles. The van der Waals surface area contributed by atoms with E-state index in [0.717, 1.165) is 6.42 Å². The smallest absolute Gasteiger partial charge is 0.0470 e. The molecule has 0 radical (unpaired) electrons. The summed E-state index contributed by atoms with van der Waals surface area (Å²) < 4.78 is 0. The van der Waals surface area contributed by atoms with Crippen LogP contribution in [0.2, 0.25) is 0 Å². The number of aryl methyl sites for hydroxylation is 1. The summed E-state index contributed by atoms with van der Waals surface area (Å²) in [5.41, 5.74) is 9.19. The standard InChI is InChI=1S/C12H17N/c1-9-6-4-5-7-10(9)12(13)8-11(12,2)3/h4-7H,8,13H2,1-3H3. The van der Waals surface area contributed by atoms with E-state index in [2.05, 4.69) is 45.0 Å². The first-order chi connectivity index (χ1) is 5.97. The van der Waals surface area contributed by atoms with Crippen molar-refractivity contribution in [1.29, 1.82) is 0 Å². The van der Waals surface area contributed by atoms with Crippen molar-refractivity contribution in [1.82, 2.24) is 0 Å². The van der Waals surface area contributed by atoms with Crippen LogP contribution in [0.25, 0.3) is 0 Å². The summed E-state index contributed by atoms with van der Waals surface area (Å²) in [6, 6.07) is 8.44. The highest BCUT2D eigenvalue weighted by Gasteiger charge is 2.59. The van der Waals surface area contributed by atoms with Crippen LogP contribution in [-0.2, 0) is 5.54 Å². The number of hydrogen-bond donors (Lipinski definition) is 1. The largest absolute Gasteiger partial charge is 0.321 e. The van der Waals surface area contributed by atoms with Gasteiger partial charge in [-0.1, -0.05) is 38.1 Å². The average Bonchev–Trinajstić information content (AvgIpc) is 2.53. The molecule has 1 atom stereocenters. The van der Waals surface area contributed by atoms with Gasteiger partial charge in [-0.25, -0.2) is 0 Å². The van der Waals surface area contributed by atoms with Crippen molar-refractivity contribution in [2.45, 2.75) is 32.7 Å². The Labute approximate surface area is 80.0 Å². The van der Waals surface area contributed by atoms with Crippen LogP contribution in [0, 0.1) is 12.3 Å². The van der Waals surface area contributed by atoms with Gasteiger partial charge in [0.1, 0.15) is 0 Å². The molecule has 0 aromatic heterocycles. The lowest BCUT2D eigenvalue weighted by atomic mass is 9.93. The van der Waals surface area contributed by atoms with Crippen molar-refractivity contribution in [2.75, 3.05) is 0 Å². The van der Waals surface area contributed by atoms with E-state index < -0.39 is 0 Å². The minimum Gasteiger partial charge on any atom is -0.321 e. The molecule has 1 heteroatoms. The number of hydrogen-bond acceptors (Lipinski definition) is 1. The molecule has 1 aliphatic rings. The number of benzene rings is 1. The maximum atomic E-state index is 6.35. The van der Waals surface area contributed by atoms with Gasteiger partial charge in [0.2, 0.25) is 0 Å². The molecule has 1 aliphatic carbocycles. The quantitative estimate of drug-likeness (QED) is 0.697. The molecule has 1 aromatic carbocycles. The summed E-state index contributed by atoms with van der Waals surface area (Å²) >= 11 is 0. The van der Waals surface area contributed by atoms with Crippen molar-refractivity contribution >= 4 is 0 Å². The highest BCUT2D eigenvalue weighted by molar-refractivity contribution is 5.40. The summed E-state index contributed by atoms with van der Waals surface area (Å²) in [6.45, 7) is 6.61. The van der Waals surface area contributed by atoms with Crippen molar-refractivity contribution < 1.29 is 0 Å². The molecule has 1 fully saturated rings. The van der Waals surface area contributed by atoms with Gasteiger partial charge in [0.15, 0.2) is 0 Å². The van der Waals surface area contributed by atoms with Crippen LogP contribution in [0.4, 0.5) is 0 Å². The van der Waals surface area contributed by atoms with Crippen LogP contribution in [-0.4, -0.2) is 0 Å². The maximum Gasteiger partial charge on any atom is 0.0470 e. The fourth-order valence-electron chi connectivity index (χ4n) is 2.19. The van der Waals surface area contributed by atoms with Gasteiger partial charge in [0.05, 0.1) is 0 Å². The molecule has 1 unspecified atom stereocenters. The fraction of sp³-hybridized carbons (Fsp3) is 0.500. The van der Waals surface area contributed by atoms with E-state index in [-0.39, 0.29) is 11.0 Å². The van der Waals surface area contributed by atoms with Crippen LogP contribution >= 0.6 is 0 Å². The third-order valence-corrected chi connectivity index (χ3v) is 3.43. The Hall–Kier alpha value is -0.820. The Balaban J connectivity index is 2.44. The van der Waals surface area contributed by atoms with Gasteiger partial charge < -0.3 is 5.73 Å². The average molecular weight is 175 g/mol. The van der Waals surface area contributed by atoms with Gasteiger partial charge in [0.25, 0.3) is 0 Å². The monoisotopic (exact) mass is 175 g/mol. The lowest BCUT2D eigenvalue weighted by Gasteiger charge is -2.17. The van der Waals surface area contributed by atoms with Gasteiger partial charge in [-0.05, 0) is 29.9 Å². The second kappa shape index (κ2) is 2.36. The minimum absolute atomic E-state index is 0.0711. The van der Waals surface area contributed by atoms with Crippen molar-refractivity contribution in [3.05, 3.63) is 35.4 Å².